The quantitative estimate of drug-likeness (QED) is 0.396. The van der Waals surface area contributed by atoms with E-state index in [1.807, 2.05) is 0 Å². The molecule has 3 fully saturated rings. The summed E-state index contributed by atoms with van der Waals surface area (Å²) < 4.78 is 99.7. The molecule has 1 aromatic heterocycles. The SMILES string of the molecule is O=C(N[C@H](CS(=O)(=O)NC1CCC1)C(=O)N1CCCC(F)(F)C1)c1cc(-c2ccccc2C(F)(F)F)n(C2CCCC2)n1. The van der Waals surface area contributed by atoms with Crippen LogP contribution in [0.2, 0.25) is 0 Å². The third kappa shape index (κ3) is 7.36. The van der Waals surface area contributed by atoms with Crippen LogP contribution in [0.4, 0.5) is 22.0 Å². The van der Waals surface area contributed by atoms with Crippen LogP contribution in [0.1, 0.15) is 79.9 Å². The summed E-state index contributed by atoms with van der Waals surface area (Å²) in [6.45, 7) is -0.950. The minimum atomic E-state index is -4.68. The van der Waals surface area contributed by atoms with Crippen LogP contribution in [0.3, 0.4) is 0 Å². The Kier molecular flexibility index (Phi) is 8.85. The highest BCUT2D eigenvalue weighted by molar-refractivity contribution is 7.89. The zero-order chi connectivity index (χ0) is 31.0. The van der Waals surface area contributed by atoms with Crippen molar-refractivity contribution in [1.82, 2.24) is 24.7 Å². The Balaban J connectivity index is 1.46. The van der Waals surface area contributed by atoms with Gasteiger partial charge < -0.3 is 10.2 Å². The summed E-state index contributed by atoms with van der Waals surface area (Å²) in [7, 11) is -4.11. The monoisotopic (exact) mass is 631 g/mol. The molecule has 0 radical (unpaired) electrons. The van der Waals surface area contributed by atoms with Gasteiger partial charge in [-0.15, -0.1) is 0 Å². The topological polar surface area (TPSA) is 113 Å². The largest absolute Gasteiger partial charge is 0.417 e. The lowest BCUT2D eigenvalue weighted by Gasteiger charge is -2.35. The summed E-state index contributed by atoms with van der Waals surface area (Å²) in [5.74, 6) is -6.02. The van der Waals surface area contributed by atoms with Gasteiger partial charge in [0.15, 0.2) is 5.69 Å². The Morgan fingerprint density at radius 3 is 2.37 bits per heavy atom. The van der Waals surface area contributed by atoms with Gasteiger partial charge in [-0.2, -0.15) is 18.3 Å². The number of rotatable bonds is 9. The molecule has 15 heteroatoms. The Bertz CT molecular complexity index is 1450. The number of aromatic nitrogens is 2. The zero-order valence-corrected chi connectivity index (χ0v) is 24.2. The van der Waals surface area contributed by atoms with E-state index in [1.54, 1.807) is 0 Å². The van der Waals surface area contributed by atoms with Crippen molar-refractivity contribution in [3.05, 3.63) is 41.6 Å². The van der Waals surface area contributed by atoms with Crippen LogP contribution in [0, 0.1) is 0 Å². The molecule has 5 rings (SSSR count). The normalized spacial score (nSPS) is 20.5. The van der Waals surface area contributed by atoms with Crippen molar-refractivity contribution < 1.29 is 40.0 Å². The highest BCUT2D eigenvalue weighted by atomic mass is 32.2. The second-order valence-corrected chi connectivity index (χ2v) is 13.4. The third-order valence-electron chi connectivity index (χ3n) is 8.29. The van der Waals surface area contributed by atoms with Gasteiger partial charge in [0.2, 0.25) is 15.9 Å². The Morgan fingerprint density at radius 2 is 1.74 bits per heavy atom. The number of alkyl halides is 5. The first-order chi connectivity index (χ1) is 20.2. The summed E-state index contributed by atoms with van der Waals surface area (Å²) in [6, 6.07) is 3.82. The maximum absolute atomic E-state index is 14.1. The fourth-order valence-electron chi connectivity index (χ4n) is 5.92. The van der Waals surface area contributed by atoms with Crippen molar-refractivity contribution in [2.75, 3.05) is 18.8 Å². The van der Waals surface area contributed by atoms with Crippen LogP contribution < -0.4 is 10.0 Å². The van der Waals surface area contributed by atoms with E-state index in [-0.39, 0.29) is 42.0 Å². The van der Waals surface area contributed by atoms with Gasteiger partial charge in [-0.3, -0.25) is 14.3 Å². The van der Waals surface area contributed by atoms with Crippen LogP contribution in [0.25, 0.3) is 11.3 Å². The zero-order valence-electron chi connectivity index (χ0n) is 23.4. The molecule has 2 amide bonds. The molecule has 2 aromatic rings. The number of piperidine rings is 1. The second kappa shape index (κ2) is 12.1. The van der Waals surface area contributed by atoms with E-state index in [4.69, 9.17) is 0 Å². The molecule has 0 spiro atoms. The van der Waals surface area contributed by atoms with Gasteiger partial charge in [0.05, 0.1) is 29.6 Å². The highest BCUT2D eigenvalue weighted by Gasteiger charge is 2.41. The third-order valence-corrected chi connectivity index (χ3v) is 9.76. The summed E-state index contributed by atoms with van der Waals surface area (Å²) >= 11 is 0. The number of carbonyl (C=O) groups is 2. The van der Waals surface area contributed by atoms with Crippen molar-refractivity contribution in [3.63, 3.8) is 0 Å². The molecule has 2 heterocycles. The van der Waals surface area contributed by atoms with Crippen LogP contribution in [-0.2, 0) is 21.0 Å². The molecule has 1 atom stereocenters. The predicted octanol–water partition coefficient (Wildman–Crippen LogP) is 4.51. The number of nitrogens with one attached hydrogen (secondary N) is 2. The molecule has 3 aliphatic rings. The number of benzene rings is 1. The van der Waals surface area contributed by atoms with Crippen molar-refractivity contribution in [3.8, 4) is 11.3 Å². The molecule has 2 saturated carbocycles. The first-order valence-corrected chi connectivity index (χ1v) is 16.1. The number of nitrogens with zero attached hydrogens (tertiary/aromatic N) is 3. The summed E-state index contributed by atoms with van der Waals surface area (Å²) in [4.78, 5) is 27.7. The molecule has 1 aromatic carbocycles. The second-order valence-electron chi connectivity index (χ2n) is 11.6. The lowest BCUT2D eigenvalue weighted by molar-refractivity contribution is -0.143. The standard InChI is InChI=1S/C28H34F5N5O4S/c29-27(30)13-6-14-37(17-27)26(40)23(16-43(41,42)36-18-7-5-8-18)34-25(39)22-15-24(38(35-22)19-9-1-2-10-19)20-11-3-4-12-21(20)28(31,32)33/h3-4,11-12,15,18-19,23,36H,1-2,5-10,13-14,16-17H2,(H,34,39)/t23-/m1/s1. The highest BCUT2D eigenvalue weighted by Crippen LogP contribution is 2.40. The molecule has 2 aliphatic carbocycles. The Morgan fingerprint density at radius 1 is 1.05 bits per heavy atom. The minimum Gasteiger partial charge on any atom is -0.338 e. The molecule has 1 saturated heterocycles. The first kappa shape index (κ1) is 31.4. The minimum absolute atomic E-state index is 0.000247. The van der Waals surface area contributed by atoms with Gasteiger partial charge in [0.1, 0.15) is 6.04 Å². The average Bonchev–Trinajstić information content (AvgIpc) is 3.59. The number of sulfonamides is 1. The molecular weight excluding hydrogens is 597 g/mol. The van der Waals surface area contributed by atoms with Crippen molar-refractivity contribution in [2.45, 2.75) is 88.0 Å². The first-order valence-electron chi connectivity index (χ1n) is 14.5. The van der Waals surface area contributed by atoms with Gasteiger partial charge in [-0.05, 0) is 44.2 Å². The molecule has 0 bridgehead atoms. The van der Waals surface area contributed by atoms with Crippen LogP contribution >= 0.6 is 0 Å². The van der Waals surface area contributed by atoms with Gasteiger partial charge in [-0.25, -0.2) is 21.9 Å². The van der Waals surface area contributed by atoms with E-state index in [0.717, 1.165) is 30.2 Å². The number of halogens is 5. The van der Waals surface area contributed by atoms with Gasteiger partial charge in [-0.1, -0.05) is 37.5 Å². The number of hydrogen-bond donors (Lipinski definition) is 2. The lowest BCUT2D eigenvalue weighted by Crippen LogP contribution is -2.57. The number of likely N-dealkylation sites (tertiary alicyclic amines) is 1. The van der Waals surface area contributed by atoms with Crippen LogP contribution in [-0.4, -0.2) is 71.8 Å². The van der Waals surface area contributed by atoms with E-state index in [9.17, 15) is 40.0 Å². The summed E-state index contributed by atoms with van der Waals surface area (Å²) in [6.07, 6.45) is -0.107. The van der Waals surface area contributed by atoms with Crippen molar-refractivity contribution >= 4 is 21.8 Å². The van der Waals surface area contributed by atoms with E-state index in [0.29, 0.717) is 25.7 Å². The fraction of sp³-hybridized carbons (Fsp3) is 0.607. The van der Waals surface area contributed by atoms with Gasteiger partial charge >= 0.3 is 6.18 Å². The summed E-state index contributed by atoms with van der Waals surface area (Å²) in [5.41, 5.74) is -1.34. The predicted molar refractivity (Wildman–Crippen MR) is 147 cm³/mol. The number of amides is 2. The van der Waals surface area contributed by atoms with Crippen molar-refractivity contribution in [1.29, 1.82) is 0 Å². The van der Waals surface area contributed by atoms with E-state index < -0.39 is 64.3 Å². The van der Waals surface area contributed by atoms with E-state index >= 15 is 0 Å². The Labute approximate surface area is 246 Å². The number of hydrogen-bond acceptors (Lipinski definition) is 5. The maximum Gasteiger partial charge on any atom is 0.417 e. The van der Waals surface area contributed by atoms with E-state index in [1.165, 1.54) is 28.9 Å². The number of carbonyl (C=O) groups excluding carboxylic acids is 2. The molecule has 236 valence electrons. The maximum atomic E-state index is 14.1. The lowest BCUT2D eigenvalue weighted by atomic mass is 9.94. The smallest absolute Gasteiger partial charge is 0.338 e. The van der Waals surface area contributed by atoms with Gasteiger partial charge in [0, 0.05) is 24.6 Å². The van der Waals surface area contributed by atoms with Crippen molar-refractivity contribution in [2.24, 2.45) is 0 Å². The van der Waals surface area contributed by atoms with E-state index in [2.05, 4.69) is 15.1 Å². The molecular formula is C28H34F5N5O4S. The molecule has 9 nitrogen and oxygen atoms in total. The average molecular weight is 632 g/mol. The van der Waals surface area contributed by atoms with Crippen LogP contribution in [0.5, 0.6) is 0 Å². The fourth-order valence-corrected chi connectivity index (χ4v) is 7.42. The van der Waals surface area contributed by atoms with Crippen LogP contribution in [0.15, 0.2) is 30.3 Å². The summed E-state index contributed by atoms with van der Waals surface area (Å²) in [5, 5.41) is 6.69. The molecule has 0 unspecified atom stereocenters. The molecule has 1 aliphatic heterocycles. The molecule has 43 heavy (non-hydrogen) atoms. The van der Waals surface area contributed by atoms with Gasteiger partial charge in [0.25, 0.3) is 11.8 Å². The molecule has 2 N–H and O–H groups in total. The Hall–Kier alpha value is -3.07.